The molecule has 9 heteroatoms. The second-order valence-electron chi connectivity index (χ2n) is 2.94. The highest BCUT2D eigenvalue weighted by atomic mass is 79.9. The maximum absolute atomic E-state index is 12.7. The van der Waals surface area contributed by atoms with Crippen LogP contribution in [0.4, 0.5) is 18.9 Å². The molecule has 0 fully saturated rings. The average molecular weight is 313 g/mol. The van der Waals surface area contributed by atoms with Gasteiger partial charge in [-0.3, -0.25) is 14.9 Å². The highest BCUT2D eigenvalue weighted by Crippen LogP contribution is 2.40. The van der Waals surface area contributed by atoms with Gasteiger partial charge in [0.2, 0.25) is 0 Å². The smallest absolute Gasteiger partial charge is 0.366 e. The number of halogens is 4. The highest BCUT2D eigenvalue weighted by Gasteiger charge is 2.43. The Balaban J connectivity index is 3.75. The van der Waals surface area contributed by atoms with Crippen molar-refractivity contribution < 1.29 is 22.9 Å². The normalized spacial score (nSPS) is 11.3. The van der Waals surface area contributed by atoms with Crippen molar-refractivity contribution in [1.82, 2.24) is 0 Å². The van der Waals surface area contributed by atoms with E-state index in [1.54, 1.807) is 0 Å². The molecule has 0 aliphatic heterocycles. The van der Waals surface area contributed by atoms with Crippen molar-refractivity contribution in [2.45, 2.75) is 6.18 Å². The average Bonchev–Trinajstić information content (AvgIpc) is 2.14. The topological polar surface area (TPSA) is 86.2 Å². The lowest BCUT2D eigenvalue weighted by Crippen LogP contribution is -2.21. The Labute approximate surface area is 101 Å². The molecule has 0 spiro atoms. The van der Waals surface area contributed by atoms with E-state index >= 15 is 0 Å². The van der Waals surface area contributed by atoms with Gasteiger partial charge in [0.05, 0.1) is 10.5 Å². The molecule has 1 rings (SSSR count). The van der Waals surface area contributed by atoms with Crippen LogP contribution in [0.15, 0.2) is 16.6 Å². The summed E-state index contributed by atoms with van der Waals surface area (Å²) >= 11 is 2.70. The molecule has 0 radical (unpaired) electrons. The van der Waals surface area contributed by atoms with E-state index < -0.39 is 33.8 Å². The third-order valence-corrected chi connectivity index (χ3v) is 2.52. The number of nitrogens with zero attached hydrogens (tertiary/aromatic N) is 1. The van der Waals surface area contributed by atoms with Crippen molar-refractivity contribution in [2.24, 2.45) is 5.73 Å². The fourth-order valence-electron chi connectivity index (χ4n) is 1.25. The molecule has 0 aliphatic rings. The molecule has 5 nitrogen and oxygen atoms in total. The lowest BCUT2D eigenvalue weighted by atomic mass is 10.0. The molecule has 0 heterocycles. The third-order valence-electron chi connectivity index (χ3n) is 1.86. The number of nitro groups is 1. The molecule has 0 aliphatic carbocycles. The standard InChI is InChI=1S/C8H4BrF3N2O3/c9-3-1-2-4(14(16)17)6(8(10,11)12)5(3)7(13)15/h1-2H,(H2,13,15). The zero-order chi connectivity index (χ0) is 13.4. The van der Waals surface area contributed by atoms with Gasteiger partial charge in [0.15, 0.2) is 0 Å². The summed E-state index contributed by atoms with van der Waals surface area (Å²) in [5.41, 5.74) is 0.975. The molecule has 0 saturated heterocycles. The van der Waals surface area contributed by atoms with Gasteiger partial charge in [0, 0.05) is 10.5 Å². The van der Waals surface area contributed by atoms with Gasteiger partial charge in [-0.05, 0) is 22.0 Å². The first-order valence-corrected chi connectivity index (χ1v) is 4.79. The summed E-state index contributed by atoms with van der Waals surface area (Å²) in [5.74, 6) is -1.40. The zero-order valence-electron chi connectivity index (χ0n) is 7.92. The van der Waals surface area contributed by atoms with Gasteiger partial charge in [-0.2, -0.15) is 13.2 Å². The fraction of sp³-hybridized carbons (Fsp3) is 0.125. The van der Waals surface area contributed by atoms with Crippen LogP contribution in [0.5, 0.6) is 0 Å². The van der Waals surface area contributed by atoms with Gasteiger partial charge in [0.25, 0.3) is 11.6 Å². The van der Waals surface area contributed by atoms with Crippen LogP contribution in [-0.2, 0) is 6.18 Å². The van der Waals surface area contributed by atoms with Gasteiger partial charge in [0.1, 0.15) is 5.56 Å². The Morgan fingerprint density at radius 2 is 1.94 bits per heavy atom. The van der Waals surface area contributed by atoms with E-state index in [4.69, 9.17) is 5.73 Å². The van der Waals surface area contributed by atoms with E-state index in [9.17, 15) is 28.1 Å². The minimum atomic E-state index is -5.05. The van der Waals surface area contributed by atoms with Crippen LogP contribution in [0.25, 0.3) is 0 Å². The van der Waals surface area contributed by atoms with Crippen molar-refractivity contribution >= 4 is 27.5 Å². The van der Waals surface area contributed by atoms with Crippen molar-refractivity contribution in [1.29, 1.82) is 0 Å². The Morgan fingerprint density at radius 1 is 1.41 bits per heavy atom. The number of hydrogen-bond acceptors (Lipinski definition) is 3. The van der Waals surface area contributed by atoms with Crippen molar-refractivity contribution in [2.75, 3.05) is 0 Å². The zero-order valence-corrected chi connectivity index (χ0v) is 9.50. The molecule has 92 valence electrons. The van der Waals surface area contributed by atoms with Gasteiger partial charge in [-0.1, -0.05) is 0 Å². The monoisotopic (exact) mass is 312 g/mol. The summed E-state index contributed by atoms with van der Waals surface area (Å²) in [4.78, 5) is 20.2. The predicted molar refractivity (Wildman–Crippen MR) is 54.3 cm³/mol. The summed E-state index contributed by atoms with van der Waals surface area (Å²) in [6.45, 7) is 0. The quantitative estimate of drug-likeness (QED) is 0.672. The maximum atomic E-state index is 12.7. The SMILES string of the molecule is NC(=O)c1c(Br)ccc([N+](=O)[O-])c1C(F)(F)F. The molecule has 0 bridgehead atoms. The first-order valence-electron chi connectivity index (χ1n) is 4.00. The fourth-order valence-corrected chi connectivity index (χ4v) is 1.77. The van der Waals surface area contributed by atoms with Crippen molar-refractivity contribution in [3.63, 3.8) is 0 Å². The molecule has 1 aromatic rings. The van der Waals surface area contributed by atoms with Crippen LogP contribution in [0.2, 0.25) is 0 Å². The molecule has 0 saturated carbocycles. The summed E-state index contributed by atoms with van der Waals surface area (Å²) < 4.78 is 37.8. The van der Waals surface area contributed by atoms with Gasteiger partial charge in [-0.15, -0.1) is 0 Å². The minimum Gasteiger partial charge on any atom is -0.366 e. The van der Waals surface area contributed by atoms with Crippen molar-refractivity contribution in [3.8, 4) is 0 Å². The van der Waals surface area contributed by atoms with Crippen LogP contribution in [0.1, 0.15) is 15.9 Å². The second kappa shape index (κ2) is 4.32. The molecule has 0 aromatic heterocycles. The van der Waals surface area contributed by atoms with Crippen LogP contribution in [0, 0.1) is 10.1 Å². The Bertz CT molecular complexity index is 502. The Kier molecular flexibility index (Phi) is 3.41. The van der Waals surface area contributed by atoms with Gasteiger partial charge in [-0.25, -0.2) is 0 Å². The molecule has 0 atom stereocenters. The van der Waals surface area contributed by atoms with Crippen LogP contribution < -0.4 is 5.73 Å². The molecule has 0 unspecified atom stereocenters. The lowest BCUT2D eigenvalue weighted by molar-refractivity contribution is -0.388. The van der Waals surface area contributed by atoms with Gasteiger partial charge >= 0.3 is 6.18 Å². The van der Waals surface area contributed by atoms with Crippen LogP contribution in [0.3, 0.4) is 0 Å². The number of carbonyl (C=O) groups excluding carboxylic acids is 1. The van der Waals surface area contributed by atoms with E-state index in [0.717, 1.165) is 6.07 Å². The molecule has 2 N–H and O–H groups in total. The first-order chi connectivity index (χ1) is 7.66. The van der Waals surface area contributed by atoms with Crippen molar-refractivity contribution in [3.05, 3.63) is 37.8 Å². The number of amides is 1. The van der Waals surface area contributed by atoms with Crippen LogP contribution >= 0.6 is 15.9 Å². The van der Waals surface area contributed by atoms with Crippen LogP contribution in [-0.4, -0.2) is 10.8 Å². The van der Waals surface area contributed by atoms with Gasteiger partial charge < -0.3 is 5.73 Å². The Morgan fingerprint density at radius 3 is 2.29 bits per heavy atom. The predicted octanol–water partition coefficient (Wildman–Crippen LogP) is 2.47. The summed E-state index contributed by atoms with van der Waals surface area (Å²) in [6, 6.07) is 1.62. The summed E-state index contributed by atoms with van der Waals surface area (Å²) in [6.07, 6.45) is -5.05. The Hall–Kier alpha value is -1.64. The molecule has 1 aromatic carbocycles. The number of nitro benzene ring substituents is 1. The highest BCUT2D eigenvalue weighted by molar-refractivity contribution is 9.10. The third kappa shape index (κ3) is 2.54. The number of carbonyl (C=O) groups is 1. The van der Waals surface area contributed by atoms with E-state index in [2.05, 4.69) is 15.9 Å². The van der Waals surface area contributed by atoms with E-state index in [0.29, 0.717) is 6.07 Å². The number of nitrogens with two attached hydrogens (primary N) is 1. The molecule has 1 amide bonds. The maximum Gasteiger partial charge on any atom is 0.423 e. The number of alkyl halides is 3. The lowest BCUT2D eigenvalue weighted by Gasteiger charge is -2.12. The molecular weight excluding hydrogens is 309 g/mol. The number of primary amides is 1. The van der Waals surface area contributed by atoms with E-state index in [1.165, 1.54) is 0 Å². The summed E-state index contributed by atoms with van der Waals surface area (Å²) in [7, 11) is 0. The minimum absolute atomic E-state index is 0.247. The summed E-state index contributed by atoms with van der Waals surface area (Å²) in [5, 5.41) is 10.5. The number of rotatable bonds is 2. The second-order valence-corrected chi connectivity index (χ2v) is 3.79. The first kappa shape index (κ1) is 13.4. The largest absolute Gasteiger partial charge is 0.423 e. The van der Waals surface area contributed by atoms with E-state index in [-0.39, 0.29) is 4.47 Å². The molecule has 17 heavy (non-hydrogen) atoms. The number of hydrogen-bond donors (Lipinski definition) is 1. The van der Waals surface area contributed by atoms with E-state index in [1.807, 2.05) is 0 Å². The molecular formula is C8H4BrF3N2O3. The number of benzene rings is 1.